The minimum atomic E-state index is -3.56. The molecule has 0 atom stereocenters. The molecule has 0 amide bonds. The van der Waals surface area contributed by atoms with Crippen molar-refractivity contribution in [1.29, 1.82) is 0 Å². The van der Waals surface area contributed by atoms with Crippen LogP contribution >= 0.6 is 11.8 Å². The number of halogens is 2. The molecule has 1 N–H and O–H groups in total. The van der Waals surface area contributed by atoms with Crippen molar-refractivity contribution < 1.29 is 17.2 Å². The number of thioether (sulfide) groups is 1. The standard InChI is InChI=1S/C9H12F2N2O2S2/c1-13(2)17(14,15)12-7-3-5-8(6-4-7)16-9(10)11/h3-6,9,12H,1-2H3. The van der Waals surface area contributed by atoms with Gasteiger partial charge in [-0.15, -0.1) is 0 Å². The van der Waals surface area contributed by atoms with Gasteiger partial charge in [0.05, 0.1) is 0 Å². The number of rotatable bonds is 5. The van der Waals surface area contributed by atoms with E-state index in [1.807, 2.05) is 0 Å². The van der Waals surface area contributed by atoms with E-state index in [-0.39, 0.29) is 0 Å². The summed E-state index contributed by atoms with van der Waals surface area (Å²) >= 11 is 0.410. The Kier molecular flexibility index (Phi) is 4.72. The summed E-state index contributed by atoms with van der Waals surface area (Å²) < 4.78 is 50.3. The summed E-state index contributed by atoms with van der Waals surface area (Å²) in [6, 6.07) is 5.74. The Morgan fingerprint density at radius 3 is 2.18 bits per heavy atom. The Hall–Kier alpha value is -0.860. The molecule has 4 nitrogen and oxygen atoms in total. The third-order valence-electron chi connectivity index (χ3n) is 1.81. The van der Waals surface area contributed by atoms with E-state index in [4.69, 9.17) is 0 Å². The highest BCUT2D eigenvalue weighted by Crippen LogP contribution is 2.26. The first-order chi connectivity index (χ1) is 7.81. The van der Waals surface area contributed by atoms with Crippen LogP contribution in [-0.4, -0.2) is 32.6 Å². The molecule has 0 radical (unpaired) electrons. The fraction of sp³-hybridized carbons (Fsp3) is 0.333. The molecule has 0 spiro atoms. The van der Waals surface area contributed by atoms with Crippen LogP contribution in [0.15, 0.2) is 29.2 Å². The minimum absolute atomic E-state index is 0.331. The molecule has 1 aromatic rings. The lowest BCUT2D eigenvalue weighted by Gasteiger charge is -2.13. The second kappa shape index (κ2) is 5.65. The third-order valence-corrected chi connectivity index (χ3v) is 3.98. The van der Waals surface area contributed by atoms with Crippen molar-refractivity contribution >= 4 is 27.7 Å². The summed E-state index contributed by atoms with van der Waals surface area (Å²) in [6.07, 6.45) is 0. The Morgan fingerprint density at radius 1 is 1.24 bits per heavy atom. The highest BCUT2D eigenvalue weighted by Gasteiger charge is 2.13. The molecule has 17 heavy (non-hydrogen) atoms. The maximum absolute atomic E-state index is 12.0. The summed E-state index contributed by atoms with van der Waals surface area (Å²) in [4.78, 5) is 0.382. The molecule has 0 saturated heterocycles. The second-order valence-electron chi connectivity index (χ2n) is 3.29. The topological polar surface area (TPSA) is 49.4 Å². The summed E-state index contributed by atoms with van der Waals surface area (Å²) in [7, 11) is -0.774. The zero-order chi connectivity index (χ0) is 13.1. The number of nitrogens with zero attached hydrogens (tertiary/aromatic N) is 1. The van der Waals surface area contributed by atoms with E-state index in [1.54, 1.807) is 0 Å². The summed E-state index contributed by atoms with van der Waals surface area (Å²) in [5, 5.41) is 0. The Balaban J connectivity index is 2.76. The molecule has 0 aliphatic carbocycles. The van der Waals surface area contributed by atoms with Gasteiger partial charge in [0, 0.05) is 24.7 Å². The molecule has 0 aromatic heterocycles. The van der Waals surface area contributed by atoms with Crippen LogP contribution in [0.2, 0.25) is 0 Å². The number of alkyl halides is 2. The van der Waals surface area contributed by atoms with Crippen molar-refractivity contribution in [2.24, 2.45) is 0 Å². The summed E-state index contributed by atoms with van der Waals surface area (Å²) in [5.74, 6) is -2.49. The van der Waals surface area contributed by atoms with Gasteiger partial charge in [0.1, 0.15) is 0 Å². The lowest BCUT2D eigenvalue weighted by molar-refractivity contribution is 0.252. The van der Waals surface area contributed by atoms with Crippen LogP contribution in [0.5, 0.6) is 0 Å². The monoisotopic (exact) mass is 282 g/mol. The highest BCUT2D eigenvalue weighted by atomic mass is 32.2. The van der Waals surface area contributed by atoms with Gasteiger partial charge in [-0.25, -0.2) is 0 Å². The van der Waals surface area contributed by atoms with Crippen molar-refractivity contribution in [3.8, 4) is 0 Å². The van der Waals surface area contributed by atoms with Crippen LogP contribution in [0.3, 0.4) is 0 Å². The van der Waals surface area contributed by atoms with Gasteiger partial charge in [-0.1, -0.05) is 11.8 Å². The van der Waals surface area contributed by atoms with E-state index in [0.717, 1.165) is 4.31 Å². The van der Waals surface area contributed by atoms with Gasteiger partial charge in [0.15, 0.2) is 0 Å². The molecule has 0 bridgehead atoms. The predicted molar refractivity (Wildman–Crippen MR) is 64.5 cm³/mol. The Bertz CT molecular complexity index is 460. The smallest absolute Gasteiger partial charge is 0.271 e. The van der Waals surface area contributed by atoms with Gasteiger partial charge < -0.3 is 0 Å². The van der Waals surface area contributed by atoms with Crippen LogP contribution in [0.4, 0.5) is 14.5 Å². The van der Waals surface area contributed by atoms with E-state index in [1.165, 1.54) is 38.4 Å². The minimum Gasteiger partial charge on any atom is -0.271 e. The number of nitrogens with one attached hydrogen (secondary N) is 1. The Morgan fingerprint density at radius 2 is 1.76 bits per heavy atom. The molecule has 0 unspecified atom stereocenters. The van der Waals surface area contributed by atoms with Crippen LogP contribution < -0.4 is 4.72 Å². The molecule has 1 aromatic carbocycles. The quantitative estimate of drug-likeness (QED) is 0.842. The fourth-order valence-corrected chi connectivity index (χ4v) is 2.06. The van der Waals surface area contributed by atoms with Gasteiger partial charge in [0.2, 0.25) is 0 Å². The van der Waals surface area contributed by atoms with Crippen molar-refractivity contribution in [2.75, 3.05) is 18.8 Å². The maximum Gasteiger partial charge on any atom is 0.301 e. The van der Waals surface area contributed by atoms with E-state index in [2.05, 4.69) is 4.72 Å². The summed E-state index contributed by atoms with van der Waals surface area (Å²) in [5.41, 5.74) is 0.331. The van der Waals surface area contributed by atoms with E-state index in [0.29, 0.717) is 22.3 Å². The van der Waals surface area contributed by atoms with Crippen molar-refractivity contribution in [3.05, 3.63) is 24.3 Å². The number of benzene rings is 1. The molecule has 0 saturated carbocycles. The number of hydrogen-bond donors (Lipinski definition) is 1. The zero-order valence-corrected chi connectivity index (χ0v) is 10.9. The molecule has 1 rings (SSSR count). The average molecular weight is 282 g/mol. The number of anilines is 1. The van der Waals surface area contributed by atoms with Crippen molar-refractivity contribution in [1.82, 2.24) is 4.31 Å². The van der Waals surface area contributed by atoms with Gasteiger partial charge in [-0.2, -0.15) is 21.5 Å². The normalized spacial score (nSPS) is 12.1. The largest absolute Gasteiger partial charge is 0.301 e. The highest BCUT2D eigenvalue weighted by molar-refractivity contribution is 7.99. The molecular formula is C9H12F2N2O2S2. The van der Waals surface area contributed by atoms with Crippen molar-refractivity contribution in [3.63, 3.8) is 0 Å². The van der Waals surface area contributed by atoms with Gasteiger partial charge in [-0.3, -0.25) is 4.72 Å². The molecule has 0 fully saturated rings. The average Bonchev–Trinajstić information content (AvgIpc) is 2.19. The predicted octanol–water partition coefficient (Wildman–Crippen LogP) is 2.22. The van der Waals surface area contributed by atoms with Crippen LogP contribution in [0.25, 0.3) is 0 Å². The molecule has 0 aliphatic rings. The van der Waals surface area contributed by atoms with Crippen molar-refractivity contribution in [2.45, 2.75) is 10.7 Å². The molecule has 8 heteroatoms. The molecular weight excluding hydrogens is 270 g/mol. The first kappa shape index (κ1) is 14.2. The number of hydrogen-bond acceptors (Lipinski definition) is 3. The maximum atomic E-state index is 12.0. The fourth-order valence-electron chi connectivity index (χ4n) is 0.945. The van der Waals surface area contributed by atoms with Crippen LogP contribution in [0, 0.1) is 0 Å². The lowest BCUT2D eigenvalue weighted by Crippen LogP contribution is -2.28. The second-order valence-corrected chi connectivity index (χ2v) is 6.24. The van der Waals surface area contributed by atoms with E-state index in [9.17, 15) is 17.2 Å². The lowest BCUT2D eigenvalue weighted by atomic mass is 10.3. The van der Waals surface area contributed by atoms with Gasteiger partial charge in [0.25, 0.3) is 5.76 Å². The van der Waals surface area contributed by atoms with E-state index >= 15 is 0 Å². The molecule has 0 heterocycles. The van der Waals surface area contributed by atoms with Gasteiger partial charge in [-0.05, 0) is 24.3 Å². The third kappa shape index (κ3) is 4.49. The first-order valence-electron chi connectivity index (χ1n) is 4.56. The first-order valence-corrected chi connectivity index (χ1v) is 6.88. The summed E-state index contributed by atoms with van der Waals surface area (Å²) in [6.45, 7) is 0. The van der Waals surface area contributed by atoms with Crippen LogP contribution in [0.1, 0.15) is 0 Å². The van der Waals surface area contributed by atoms with Gasteiger partial charge >= 0.3 is 10.2 Å². The van der Waals surface area contributed by atoms with Crippen LogP contribution in [-0.2, 0) is 10.2 Å². The van der Waals surface area contributed by atoms with E-state index < -0.39 is 16.0 Å². The molecule has 96 valence electrons. The molecule has 0 aliphatic heterocycles. The Labute approximate surface area is 103 Å². The zero-order valence-electron chi connectivity index (χ0n) is 9.22. The SMILES string of the molecule is CN(C)S(=O)(=O)Nc1ccc(SC(F)F)cc1.